The minimum Gasteiger partial charge on any atom is -0.478 e. The van der Waals surface area contributed by atoms with E-state index in [0.29, 0.717) is 4.47 Å². The van der Waals surface area contributed by atoms with Gasteiger partial charge in [-0.3, -0.25) is 5.10 Å². The lowest BCUT2D eigenvalue weighted by molar-refractivity contribution is 0.0696. The molecule has 0 radical (unpaired) electrons. The van der Waals surface area contributed by atoms with E-state index in [4.69, 9.17) is 5.11 Å². The molecule has 0 amide bonds. The Labute approximate surface area is 88.1 Å². The number of carbonyl (C=O) groups is 1. The fraction of sp³-hybridized carbons (Fsp3) is 0.111. The number of aromatic nitrogens is 2. The number of halogens is 1. The average molecular weight is 255 g/mol. The smallest absolute Gasteiger partial charge is 0.336 e. The van der Waals surface area contributed by atoms with E-state index in [9.17, 15) is 4.79 Å². The third-order valence-corrected chi connectivity index (χ3v) is 2.72. The van der Waals surface area contributed by atoms with E-state index in [1.54, 1.807) is 12.1 Å². The SMILES string of the molecule is Cc1[nH]nc2cc(Br)c(C(=O)O)cc12. The number of H-pyrrole nitrogens is 1. The second kappa shape index (κ2) is 3.09. The van der Waals surface area contributed by atoms with Crippen LogP contribution in [0.25, 0.3) is 10.9 Å². The number of nitrogens with one attached hydrogen (secondary N) is 1. The first-order valence-electron chi connectivity index (χ1n) is 3.97. The van der Waals surface area contributed by atoms with Gasteiger partial charge in [0, 0.05) is 15.6 Å². The van der Waals surface area contributed by atoms with Crippen LogP contribution in [0.1, 0.15) is 16.1 Å². The van der Waals surface area contributed by atoms with E-state index in [-0.39, 0.29) is 5.56 Å². The summed E-state index contributed by atoms with van der Waals surface area (Å²) in [6.45, 7) is 1.86. The summed E-state index contributed by atoms with van der Waals surface area (Å²) >= 11 is 3.19. The Hall–Kier alpha value is -1.36. The Morgan fingerprint density at radius 3 is 2.93 bits per heavy atom. The predicted molar refractivity (Wildman–Crippen MR) is 55.5 cm³/mol. The van der Waals surface area contributed by atoms with Gasteiger partial charge >= 0.3 is 5.97 Å². The summed E-state index contributed by atoms with van der Waals surface area (Å²) < 4.78 is 0.545. The molecule has 0 unspecified atom stereocenters. The van der Waals surface area contributed by atoms with Crippen molar-refractivity contribution < 1.29 is 9.90 Å². The summed E-state index contributed by atoms with van der Waals surface area (Å²) in [5.74, 6) is -0.945. The Kier molecular flexibility index (Phi) is 2.03. The molecule has 0 aliphatic rings. The van der Waals surface area contributed by atoms with Crippen LogP contribution in [-0.4, -0.2) is 21.3 Å². The highest BCUT2D eigenvalue weighted by atomic mass is 79.9. The molecule has 72 valence electrons. The van der Waals surface area contributed by atoms with Crippen LogP contribution in [0, 0.1) is 6.92 Å². The van der Waals surface area contributed by atoms with Gasteiger partial charge in [-0.2, -0.15) is 5.10 Å². The lowest BCUT2D eigenvalue weighted by Gasteiger charge is -1.98. The van der Waals surface area contributed by atoms with Crippen LogP contribution < -0.4 is 0 Å². The lowest BCUT2D eigenvalue weighted by Crippen LogP contribution is -1.97. The van der Waals surface area contributed by atoms with Gasteiger partial charge in [0.2, 0.25) is 0 Å². The number of hydrogen-bond donors (Lipinski definition) is 2. The molecule has 1 aromatic heterocycles. The summed E-state index contributed by atoms with van der Waals surface area (Å²) in [4.78, 5) is 10.8. The Morgan fingerprint density at radius 2 is 2.29 bits per heavy atom. The molecule has 0 aliphatic heterocycles. The zero-order chi connectivity index (χ0) is 10.3. The van der Waals surface area contributed by atoms with Crippen molar-refractivity contribution in [1.29, 1.82) is 0 Å². The molecular formula is C9H7BrN2O2. The predicted octanol–water partition coefficient (Wildman–Crippen LogP) is 2.33. The van der Waals surface area contributed by atoms with Gasteiger partial charge in [-0.25, -0.2) is 4.79 Å². The normalized spacial score (nSPS) is 10.7. The lowest BCUT2D eigenvalue weighted by atomic mass is 10.1. The van der Waals surface area contributed by atoms with Crippen molar-refractivity contribution in [3.05, 3.63) is 27.9 Å². The number of carboxylic acids is 1. The number of fused-ring (bicyclic) bond motifs is 1. The minimum absolute atomic E-state index is 0.252. The topological polar surface area (TPSA) is 66.0 Å². The molecule has 0 fully saturated rings. The van der Waals surface area contributed by atoms with E-state index < -0.39 is 5.97 Å². The van der Waals surface area contributed by atoms with Crippen LogP contribution in [0.2, 0.25) is 0 Å². The van der Waals surface area contributed by atoms with Crippen LogP contribution in [0.15, 0.2) is 16.6 Å². The molecule has 0 spiro atoms. The molecule has 4 nitrogen and oxygen atoms in total. The van der Waals surface area contributed by atoms with Gasteiger partial charge in [-0.05, 0) is 35.0 Å². The highest BCUT2D eigenvalue weighted by Gasteiger charge is 2.11. The van der Waals surface area contributed by atoms with Crippen molar-refractivity contribution in [3.63, 3.8) is 0 Å². The average Bonchev–Trinajstić information content (AvgIpc) is 2.46. The largest absolute Gasteiger partial charge is 0.478 e. The number of rotatable bonds is 1. The zero-order valence-electron chi connectivity index (χ0n) is 7.34. The van der Waals surface area contributed by atoms with Gasteiger partial charge in [-0.15, -0.1) is 0 Å². The number of hydrogen-bond acceptors (Lipinski definition) is 2. The first-order valence-corrected chi connectivity index (χ1v) is 4.76. The number of benzene rings is 1. The Morgan fingerprint density at radius 1 is 1.57 bits per heavy atom. The molecule has 0 aliphatic carbocycles. The first kappa shape index (κ1) is 9.21. The number of aromatic amines is 1. The second-order valence-electron chi connectivity index (χ2n) is 3.00. The van der Waals surface area contributed by atoms with Crippen LogP contribution in [0.4, 0.5) is 0 Å². The van der Waals surface area contributed by atoms with Gasteiger partial charge in [0.15, 0.2) is 0 Å². The number of carboxylic acid groups (broad SMARTS) is 1. The standard InChI is InChI=1S/C9H7BrN2O2/c1-4-5-2-6(9(13)14)7(10)3-8(5)12-11-4/h2-3H,1H3,(H,11,12)(H,13,14). The van der Waals surface area contributed by atoms with Gasteiger partial charge < -0.3 is 5.11 Å². The maximum atomic E-state index is 10.8. The van der Waals surface area contributed by atoms with Crippen molar-refractivity contribution in [2.75, 3.05) is 0 Å². The molecule has 2 aromatic rings. The van der Waals surface area contributed by atoms with Gasteiger partial charge in [0.1, 0.15) is 0 Å². The highest BCUT2D eigenvalue weighted by Crippen LogP contribution is 2.24. The third-order valence-electron chi connectivity index (χ3n) is 2.06. The maximum Gasteiger partial charge on any atom is 0.336 e. The fourth-order valence-corrected chi connectivity index (χ4v) is 1.82. The Bertz CT molecular complexity index is 519. The molecule has 1 aromatic carbocycles. The van der Waals surface area contributed by atoms with Crippen LogP contribution in [0.5, 0.6) is 0 Å². The summed E-state index contributed by atoms with van der Waals surface area (Å²) in [6.07, 6.45) is 0. The van der Waals surface area contributed by atoms with Crippen LogP contribution in [0.3, 0.4) is 0 Å². The molecule has 14 heavy (non-hydrogen) atoms. The van der Waals surface area contributed by atoms with Gasteiger partial charge in [0.25, 0.3) is 0 Å². The molecule has 0 bridgehead atoms. The van der Waals surface area contributed by atoms with Crippen LogP contribution in [-0.2, 0) is 0 Å². The summed E-state index contributed by atoms with van der Waals surface area (Å²) in [6, 6.07) is 3.31. The van der Waals surface area contributed by atoms with Crippen molar-refractivity contribution in [3.8, 4) is 0 Å². The van der Waals surface area contributed by atoms with E-state index in [2.05, 4.69) is 26.1 Å². The van der Waals surface area contributed by atoms with Crippen LogP contribution >= 0.6 is 15.9 Å². The van der Waals surface area contributed by atoms with E-state index in [0.717, 1.165) is 16.6 Å². The summed E-state index contributed by atoms with van der Waals surface area (Å²) in [7, 11) is 0. The monoisotopic (exact) mass is 254 g/mol. The van der Waals surface area contributed by atoms with Crippen molar-refractivity contribution in [1.82, 2.24) is 10.2 Å². The molecule has 1 heterocycles. The molecule has 0 saturated heterocycles. The molecule has 2 N–H and O–H groups in total. The first-order chi connectivity index (χ1) is 6.59. The quantitative estimate of drug-likeness (QED) is 0.821. The Balaban J connectivity index is 2.80. The van der Waals surface area contributed by atoms with E-state index in [1.807, 2.05) is 6.92 Å². The molecule has 0 atom stereocenters. The molecule has 5 heteroatoms. The van der Waals surface area contributed by atoms with Gasteiger partial charge in [-0.1, -0.05) is 0 Å². The summed E-state index contributed by atoms with van der Waals surface area (Å²) in [5.41, 5.74) is 1.89. The van der Waals surface area contributed by atoms with Gasteiger partial charge in [0.05, 0.1) is 11.1 Å². The molecule has 2 rings (SSSR count). The highest BCUT2D eigenvalue weighted by molar-refractivity contribution is 9.10. The minimum atomic E-state index is -0.945. The fourth-order valence-electron chi connectivity index (χ4n) is 1.32. The van der Waals surface area contributed by atoms with Crippen molar-refractivity contribution >= 4 is 32.8 Å². The molecule has 0 saturated carbocycles. The van der Waals surface area contributed by atoms with Crippen molar-refractivity contribution in [2.24, 2.45) is 0 Å². The number of aryl methyl sites for hydroxylation is 1. The van der Waals surface area contributed by atoms with Crippen molar-refractivity contribution in [2.45, 2.75) is 6.92 Å². The molecular weight excluding hydrogens is 248 g/mol. The number of nitrogens with zero attached hydrogens (tertiary/aromatic N) is 1. The number of aromatic carboxylic acids is 1. The van der Waals surface area contributed by atoms with E-state index >= 15 is 0 Å². The van der Waals surface area contributed by atoms with E-state index in [1.165, 1.54) is 0 Å². The summed E-state index contributed by atoms with van der Waals surface area (Å²) in [5, 5.41) is 16.6. The zero-order valence-corrected chi connectivity index (χ0v) is 8.92. The maximum absolute atomic E-state index is 10.8. The second-order valence-corrected chi connectivity index (χ2v) is 3.86. The third kappa shape index (κ3) is 1.29.